The number of carbonyl (C=O) groups is 1. The number of hydrogen-bond donors (Lipinski definition) is 2. The fraction of sp³-hybridized carbons (Fsp3) is 0.250. The number of amides is 1. The second-order valence-electron chi connectivity index (χ2n) is 6.15. The Morgan fingerprint density at radius 3 is 2.67 bits per heavy atom. The molecule has 1 aromatic heterocycles. The van der Waals surface area contributed by atoms with Crippen LogP contribution in [0.25, 0.3) is 10.9 Å². The Kier molecular flexibility index (Phi) is 6.30. The summed E-state index contributed by atoms with van der Waals surface area (Å²) in [5.41, 5.74) is 1.19. The van der Waals surface area contributed by atoms with Crippen LogP contribution in [0.3, 0.4) is 0 Å². The number of methoxy groups -OCH3 is 1. The number of aromatic amines is 1. The van der Waals surface area contributed by atoms with E-state index in [0.717, 1.165) is 5.69 Å². The van der Waals surface area contributed by atoms with E-state index < -0.39 is 0 Å². The number of hydrogen-bond acceptors (Lipinski definition) is 5. The van der Waals surface area contributed by atoms with Crippen LogP contribution in [-0.4, -0.2) is 47.6 Å². The van der Waals surface area contributed by atoms with Crippen molar-refractivity contribution in [2.24, 2.45) is 0 Å². The van der Waals surface area contributed by atoms with Crippen molar-refractivity contribution in [3.63, 3.8) is 0 Å². The zero-order valence-corrected chi connectivity index (χ0v) is 15.1. The van der Waals surface area contributed by atoms with E-state index in [2.05, 4.69) is 15.3 Å². The highest BCUT2D eigenvalue weighted by molar-refractivity contribution is 5.92. The van der Waals surface area contributed by atoms with Gasteiger partial charge in [0.2, 0.25) is 5.91 Å². The summed E-state index contributed by atoms with van der Waals surface area (Å²) < 4.78 is 5.14. The lowest BCUT2D eigenvalue weighted by atomic mass is 10.2. The van der Waals surface area contributed by atoms with Gasteiger partial charge >= 0.3 is 0 Å². The Labute approximate surface area is 157 Å². The first-order chi connectivity index (χ1) is 13.2. The normalized spacial score (nSPS) is 11.0. The molecule has 2 N–H and O–H groups in total. The molecule has 7 heteroatoms. The number of para-hydroxylation sites is 2. The lowest BCUT2D eigenvalue weighted by Crippen LogP contribution is -2.36. The second-order valence-corrected chi connectivity index (χ2v) is 6.15. The van der Waals surface area contributed by atoms with E-state index >= 15 is 0 Å². The molecule has 2 aromatic carbocycles. The Balaban J connectivity index is 1.72. The molecule has 0 saturated heterocycles. The van der Waals surface area contributed by atoms with Crippen molar-refractivity contribution in [2.45, 2.75) is 6.54 Å². The number of rotatable bonds is 8. The van der Waals surface area contributed by atoms with Gasteiger partial charge in [0.25, 0.3) is 5.56 Å². The number of aromatic nitrogens is 2. The molecular formula is C20H22N4O3. The molecule has 0 aliphatic heterocycles. The van der Waals surface area contributed by atoms with Crippen LogP contribution in [0.4, 0.5) is 5.69 Å². The van der Waals surface area contributed by atoms with Crippen LogP contribution in [0.15, 0.2) is 59.4 Å². The van der Waals surface area contributed by atoms with Crippen LogP contribution in [0.2, 0.25) is 0 Å². The molecule has 0 radical (unpaired) electrons. The van der Waals surface area contributed by atoms with Crippen LogP contribution in [-0.2, 0) is 16.1 Å². The number of fused-ring (bicyclic) bond motifs is 1. The molecule has 0 fully saturated rings. The Hall–Kier alpha value is -3.03. The molecule has 0 atom stereocenters. The highest BCUT2D eigenvalue weighted by atomic mass is 16.5. The third kappa shape index (κ3) is 5.22. The van der Waals surface area contributed by atoms with Gasteiger partial charge in [-0.05, 0) is 24.3 Å². The zero-order chi connectivity index (χ0) is 19.1. The number of ether oxygens (including phenoxy) is 1. The van der Waals surface area contributed by atoms with Gasteiger partial charge in [0.15, 0.2) is 0 Å². The van der Waals surface area contributed by atoms with E-state index in [0.29, 0.717) is 36.4 Å². The molecule has 0 aliphatic carbocycles. The summed E-state index contributed by atoms with van der Waals surface area (Å²) in [6, 6.07) is 16.5. The number of H-pyrrole nitrogens is 1. The van der Waals surface area contributed by atoms with E-state index in [1.54, 1.807) is 25.3 Å². The van der Waals surface area contributed by atoms with E-state index in [1.165, 1.54) is 0 Å². The number of anilines is 1. The molecular weight excluding hydrogens is 344 g/mol. The predicted molar refractivity (Wildman–Crippen MR) is 105 cm³/mol. The zero-order valence-electron chi connectivity index (χ0n) is 15.1. The van der Waals surface area contributed by atoms with Gasteiger partial charge in [-0.15, -0.1) is 0 Å². The first kappa shape index (κ1) is 18.8. The number of nitrogens with one attached hydrogen (secondary N) is 2. The van der Waals surface area contributed by atoms with Crippen LogP contribution in [0, 0.1) is 0 Å². The van der Waals surface area contributed by atoms with Crippen LogP contribution < -0.4 is 10.9 Å². The van der Waals surface area contributed by atoms with Gasteiger partial charge in [0, 0.05) is 19.3 Å². The Morgan fingerprint density at radius 1 is 1.15 bits per heavy atom. The average molecular weight is 366 g/mol. The molecule has 3 aromatic rings. The minimum Gasteiger partial charge on any atom is -0.383 e. The summed E-state index contributed by atoms with van der Waals surface area (Å²) in [5.74, 6) is 0.378. The van der Waals surface area contributed by atoms with Gasteiger partial charge in [-0.2, -0.15) is 0 Å². The summed E-state index contributed by atoms with van der Waals surface area (Å²) in [5, 5.41) is 3.41. The highest BCUT2D eigenvalue weighted by Crippen LogP contribution is 2.08. The highest BCUT2D eigenvalue weighted by Gasteiger charge is 2.14. The molecule has 140 valence electrons. The molecule has 1 heterocycles. The molecule has 0 bridgehead atoms. The van der Waals surface area contributed by atoms with Crippen molar-refractivity contribution < 1.29 is 9.53 Å². The van der Waals surface area contributed by atoms with Gasteiger partial charge in [0.05, 0.1) is 30.6 Å². The molecule has 0 unspecified atom stereocenters. The number of nitrogens with zero attached hydrogens (tertiary/aromatic N) is 2. The summed E-state index contributed by atoms with van der Waals surface area (Å²) >= 11 is 0. The summed E-state index contributed by atoms with van der Waals surface area (Å²) in [6.07, 6.45) is 0. The molecule has 3 rings (SSSR count). The second kappa shape index (κ2) is 9.07. The Bertz CT molecular complexity index is 956. The molecule has 7 nitrogen and oxygen atoms in total. The smallest absolute Gasteiger partial charge is 0.258 e. The van der Waals surface area contributed by atoms with Gasteiger partial charge in [-0.1, -0.05) is 30.3 Å². The number of benzene rings is 2. The van der Waals surface area contributed by atoms with Gasteiger partial charge in [0.1, 0.15) is 5.82 Å². The molecule has 0 aliphatic rings. The van der Waals surface area contributed by atoms with Crippen LogP contribution >= 0.6 is 0 Å². The Morgan fingerprint density at radius 2 is 1.89 bits per heavy atom. The van der Waals surface area contributed by atoms with E-state index in [1.807, 2.05) is 41.3 Å². The number of carbonyl (C=O) groups excluding carboxylic acids is 1. The standard InChI is InChI=1S/C20H22N4O3/c1-27-12-11-24(14-19(25)21-15-7-3-2-4-8-15)13-18-22-17-10-6-5-9-16(17)20(26)23-18/h2-10H,11-14H2,1H3,(H,21,25)(H,22,23,26). The van der Waals surface area contributed by atoms with Crippen molar-refractivity contribution in [3.05, 3.63) is 70.8 Å². The molecule has 1 amide bonds. The predicted octanol–water partition coefficient (Wildman–Crippen LogP) is 2.01. The van der Waals surface area contributed by atoms with Crippen molar-refractivity contribution >= 4 is 22.5 Å². The van der Waals surface area contributed by atoms with E-state index in [-0.39, 0.29) is 18.0 Å². The fourth-order valence-electron chi connectivity index (χ4n) is 2.78. The molecule has 0 saturated carbocycles. The molecule has 0 spiro atoms. The third-order valence-electron chi connectivity index (χ3n) is 4.07. The minimum atomic E-state index is -0.184. The van der Waals surface area contributed by atoms with Gasteiger partial charge < -0.3 is 15.0 Å². The van der Waals surface area contributed by atoms with Crippen molar-refractivity contribution in [3.8, 4) is 0 Å². The van der Waals surface area contributed by atoms with Crippen molar-refractivity contribution in [1.82, 2.24) is 14.9 Å². The van der Waals surface area contributed by atoms with Gasteiger partial charge in [-0.3, -0.25) is 14.5 Å². The lowest BCUT2D eigenvalue weighted by Gasteiger charge is -2.21. The minimum absolute atomic E-state index is 0.138. The maximum Gasteiger partial charge on any atom is 0.258 e. The first-order valence-electron chi connectivity index (χ1n) is 8.70. The largest absolute Gasteiger partial charge is 0.383 e. The quantitative estimate of drug-likeness (QED) is 0.637. The topological polar surface area (TPSA) is 87.3 Å². The van der Waals surface area contributed by atoms with Crippen molar-refractivity contribution in [1.29, 1.82) is 0 Å². The van der Waals surface area contributed by atoms with Crippen LogP contribution in [0.1, 0.15) is 5.82 Å². The van der Waals surface area contributed by atoms with E-state index in [4.69, 9.17) is 4.74 Å². The average Bonchev–Trinajstić information content (AvgIpc) is 2.67. The fourth-order valence-corrected chi connectivity index (χ4v) is 2.78. The maximum atomic E-state index is 12.4. The first-order valence-corrected chi connectivity index (χ1v) is 8.70. The summed E-state index contributed by atoms with van der Waals surface area (Å²) in [7, 11) is 1.61. The van der Waals surface area contributed by atoms with Crippen molar-refractivity contribution in [2.75, 3.05) is 32.1 Å². The maximum absolute atomic E-state index is 12.4. The van der Waals surface area contributed by atoms with Crippen LogP contribution in [0.5, 0.6) is 0 Å². The van der Waals surface area contributed by atoms with Gasteiger partial charge in [-0.25, -0.2) is 4.98 Å². The SMILES string of the molecule is COCCN(CC(=O)Nc1ccccc1)Cc1nc2ccccc2c(=O)[nH]1. The monoisotopic (exact) mass is 366 g/mol. The summed E-state index contributed by atoms with van der Waals surface area (Å²) in [4.78, 5) is 33.8. The third-order valence-corrected chi connectivity index (χ3v) is 4.07. The van der Waals surface area contributed by atoms with E-state index in [9.17, 15) is 9.59 Å². The summed E-state index contributed by atoms with van der Waals surface area (Å²) in [6.45, 7) is 1.51. The lowest BCUT2D eigenvalue weighted by molar-refractivity contribution is -0.117. The molecule has 27 heavy (non-hydrogen) atoms.